The van der Waals surface area contributed by atoms with Gasteiger partial charge in [-0.15, -0.1) is 0 Å². The van der Waals surface area contributed by atoms with Crippen LogP contribution in [-0.4, -0.2) is 25.6 Å². The number of hydrogen-bond donors (Lipinski definition) is 1. The van der Waals surface area contributed by atoms with E-state index in [1.54, 1.807) is 0 Å². The third-order valence-corrected chi connectivity index (χ3v) is 3.80. The minimum absolute atomic E-state index is 0.0901. The molecule has 1 fully saturated rings. The van der Waals surface area contributed by atoms with Crippen LogP contribution in [0.2, 0.25) is 0 Å². The normalized spacial score (nSPS) is 21.7. The zero-order valence-electron chi connectivity index (χ0n) is 8.18. The summed E-state index contributed by atoms with van der Waals surface area (Å²) in [6, 6.07) is 9.47. The van der Waals surface area contributed by atoms with Gasteiger partial charge in [-0.1, -0.05) is 18.2 Å². The Hall–Kier alpha value is -1.36. The summed E-state index contributed by atoms with van der Waals surface area (Å²) in [6.45, 7) is 0. The van der Waals surface area contributed by atoms with E-state index in [1.807, 2.05) is 30.3 Å². The molecule has 0 spiro atoms. The van der Waals surface area contributed by atoms with E-state index in [2.05, 4.69) is 10.5 Å². The monoisotopic (exact) mass is 224 g/mol. The van der Waals surface area contributed by atoms with Gasteiger partial charge in [-0.25, -0.2) is 8.42 Å². The van der Waals surface area contributed by atoms with Crippen LogP contribution < -0.4 is 5.43 Å². The number of rotatable bonds is 2. The summed E-state index contributed by atoms with van der Waals surface area (Å²) in [5.41, 5.74) is 4.42. The van der Waals surface area contributed by atoms with E-state index in [4.69, 9.17) is 0 Å². The average molecular weight is 224 g/mol. The first-order valence-electron chi connectivity index (χ1n) is 4.73. The number of hydrogen-bond acceptors (Lipinski definition) is 4. The molecule has 0 aliphatic carbocycles. The molecule has 0 bridgehead atoms. The Labute approximate surface area is 88.9 Å². The molecule has 1 aromatic rings. The maximum atomic E-state index is 11.1. The second-order valence-corrected chi connectivity index (χ2v) is 5.68. The van der Waals surface area contributed by atoms with E-state index < -0.39 is 9.84 Å². The summed E-state index contributed by atoms with van der Waals surface area (Å²) in [5.74, 6) is 0.315. The SMILES string of the molecule is O=S1(=O)CCC(=NNc2ccccc2)C1. The van der Waals surface area contributed by atoms with Crippen molar-refractivity contribution < 1.29 is 8.42 Å². The highest BCUT2D eigenvalue weighted by atomic mass is 32.2. The van der Waals surface area contributed by atoms with Gasteiger partial charge in [0.2, 0.25) is 0 Å². The van der Waals surface area contributed by atoms with E-state index in [1.165, 1.54) is 0 Å². The van der Waals surface area contributed by atoms with E-state index in [0.717, 1.165) is 5.69 Å². The van der Waals surface area contributed by atoms with Crippen molar-refractivity contribution in [3.8, 4) is 0 Å². The Kier molecular flexibility index (Phi) is 2.73. The van der Waals surface area contributed by atoms with Crippen LogP contribution in [0.5, 0.6) is 0 Å². The number of para-hydroxylation sites is 1. The van der Waals surface area contributed by atoms with E-state index in [-0.39, 0.29) is 11.5 Å². The van der Waals surface area contributed by atoms with Gasteiger partial charge in [0, 0.05) is 6.42 Å². The average Bonchev–Trinajstić information content (AvgIpc) is 2.57. The number of nitrogens with one attached hydrogen (secondary N) is 1. The smallest absolute Gasteiger partial charge is 0.156 e. The van der Waals surface area contributed by atoms with Crippen molar-refractivity contribution in [3.05, 3.63) is 30.3 Å². The maximum Gasteiger partial charge on any atom is 0.156 e. The molecule has 1 aliphatic heterocycles. The van der Waals surface area contributed by atoms with Crippen molar-refractivity contribution in [1.82, 2.24) is 0 Å². The summed E-state index contributed by atoms with van der Waals surface area (Å²) in [5, 5.41) is 4.08. The van der Waals surface area contributed by atoms with Gasteiger partial charge in [0.15, 0.2) is 9.84 Å². The predicted molar refractivity (Wildman–Crippen MR) is 60.8 cm³/mol. The molecule has 4 nitrogen and oxygen atoms in total. The van der Waals surface area contributed by atoms with Gasteiger partial charge in [0.25, 0.3) is 0 Å². The molecule has 0 unspecified atom stereocenters. The topological polar surface area (TPSA) is 58.5 Å². The first-order chi connectivity index (χ1) is 7.16. The van der Waals surface area contributed by atoms with E-state index in [9.17, 15) is 8.42 Å². The number of benzene rings is 1. The summed E-state index contributed by atoms with van der Waals surface area (Å²) in [7, 11) is -2.87. The lowest BCUT2D eigenvalue weighted by Gasteiger charge is -1.99. The largest absolute Gasteiger partial charge is 0.279 e. The van der Waals surface area contributed by atoms with Crippen molar-refractivity contribution >= 4 is 21.2 Å². The standard InChI is InChI=1S/C10H12N2O2S/c13-15(14)7-6-10(8-15)12-11-9-4-2-1-3-5-9/h1-5,11H,6-8H2. The van der Waals surface area contributed by atoms with Crippen LogP contribution in [0.15, 0.2) is 35.4 Å². The Morgan fingerprint density at radius 2 is 1.93 bits per heavy atom. The van der Waals surface area contributed by atoms with Crippen molar-refractivity contribution in [2.75, 3.05) is 16.9 Å². The molecule has 0 aromatic heterocycles. The molecule has 1 aliphatic rings. The van der Waals surface area contributed by atoms with Crippen LogP contribution >= 0.6 is 0 Å². The molecule has 15 heavy (non-hydrogen) atoms. The molecule has 1 aromatic carbocycles. The van der Waals surface area contributed by atoms with E-state index in [0.29, 0.717) is 12.1 Å². The summed E-state index contributed by atoms with van der Waals surface area (Å²) < 4.78 is 22.3. The van der Waals surface area contributed by atoms with Crippen LogP contribution in [0.4, 0.5) is 5.69 Å². The van der Waals surface area contributed by atoms with Crippen molar-refractivity contribution in [1.29, 1.82) is 0 Å². The molecule has 2 rings (SSSR count). The zero-order chi connectivity index (χ0) is 10.7. The van der Waals surface area contributed by atoms with Crippen LogP contribution in [0, 0.1) is 0 Å². The lowest BCUT2D eigenvalue weighted by atomic mass is 10.3. The summed E-state index contributed by atoms with van der Waals surface area (Å²) >= 11 is 0. The molecule has 0 radical (unpaired) electrons. The fraction of sp³-hybridized carbons (Fsp3) is 0.300. The van der Waals surface area contributed by atoms with Crippen molar-refractivity contribution in [2.24, 2.45) is 5.10 Å². The van der Waals surface area contributed by atoms with Gasteiger partial charge < -0.3 is 0 Å². The highest BCUT2D eigenvalue weighted by Gasteiger charge is 2.23. The lowest BCUT2D eigenvalue weighted by molar-refractivity contribution is 0.603. The Balaban J connectivity index is 2.02. The number of hydrazone groups is 1. The van der Waals surface area contributed by atoms with E-state index >= 15 is 0 Å². The number of anilines is 1. The molecule has 0 amide bonds. The molecule has 80 valence electrons. The second-order valence-electron chi connectivity index (χ2n) is 3.50. The fourth-order valence-corrected chi connectivity index (χ4v) is 2.82. The van der Waals surface area contributed by atoms with Crippen LogP contribution in [-0.2, 0) is 9.84 Å². The number of nitrogens with zero attached hydrogens (tertiary/aromatic N) is 1. The zero-order valence-corrected chi connectivity index (χ0v) is 9.00. The molecule has 0 atom stereocenters. The third kappa shape index (κ3) is 2.79. The fourth-order valence-electron chi connectivity index (χ4n) is 1.42. The first-order valence-corrected chi connectivity index (χ1v) is 6.55. The second kappa shape index (κ2) is 4.02. The lowest BCUT2D eigenvalue weighted by Crippen LogP contribution is -2.05. The summed E-state index contributed by atoms with van der Waals surface area (Å²) in [4.78, 5) is 0. The first kappa shape index (κ1) is 10.2. The van der Waals surface area contributed by atoms with Crippen LogP contribution in [0.25, 0.3) is 0 Å². The highest BCUT2D eigenvalue weighted by molar-refractivity contribution is 7.92. The van der Waals surface area contributed by atoms with Gasteiger partial charge in [-0.05, 0) is 12.1 Å². The number of sulfone groups is 1. The quantitative estimate of drug-likeness (QED) is 0.770. The van der Waals surface area contributed by atoms with Gasteiger partial charge in [0.05, 0.1) is 22.9 Å². The van der Waals surface area contributed by atoms with Crippen LogP contribution in [0.3, 0.4) is 0 Å². The minimum atomic E-state index is -2.87. The molecular formula is C10H12N2O2S. The highest BCUT2D eigenvalue weighted by Crippen LogP contribution is 2.10. The maximum absolute atomic E-state index is 11.1. The van der Waals surface area contributed by atoms with Gasteiger partial charge in [0.1, 0.15) is 0 Å². The van der Waals surface area contributed by atoms with Gasteiger partial charge in [-0.3, -0.25) is 5.43 Å². The van der Waals surface area contributed by atoms with Gasteiger partial charge in [-0.2, -0.15) is 5.10 Å². The van der Waals surface area contributed by atoms with Crippen molar-refractivity contribution in [3.63, 3.8) is 0 Å². The molecule has 0 saturated carbocycles. The Morgan fingerprint density at radius 1 is 1.20 bits per heavy atom. The Bertz CT molecular complexity index is 465. The van der Waals surface area contributed by atoms with Crippen molar-refractivity contribution in [2.45, 2.75) is 6.42 Å². The molecular weight excluding hydrogens is 212 g/mol. The molecule has 5 heteroatoms. The minimum Gasteiger partial charge on any atom is -0.279 e. The van der Waals surface area contributed by atoms with Gasteiger partial charge >= 0.3 is 0 Å². The third-order valence-electron chi connectivity index (χ3n) is 2.21. The Morgan fingerprint density at radius 3 is 2.53 bits per heavy atom. The predicted octanol–water partition coefficient (Wildman–Crippen LogP) is 1.27. The molecule has 1 heterocycles. The molecule has 1 N–H and O–H groups in total. The van der Waals surface area contributed by atoms with Crippen LogP contribution in [0.1, 0.15) is 6.42 Å². The summed E-state index contributed by atoms with van der Waals surface area (Å²) in [6.07, 6.45) is 0.544. The molecule has 1 saturated heterocycles.